The standard InChI is InChI=1S/C17H25NO5/c1-11-7-8-12(10-14(11)21-5)9-13(15(19)22-6)18-16(20)23-17(2,3)4/h7-8,10,13H,9H2,1-6H3,(H,18,20)/t13-/m1/s1. The lowest BCUT2D eigenvalue weighted by Crippen LogP contribution is -2.45. The third-order valence-corrected chi connectivity index (χ3v) is 3.09. The van der Waals surface area contributed by atoms with Crippen molar-refractivity contribution in [2.24, 2.45) is 0 Å². The largest absolute Gasteiger partial charge is 0.496 e. The minimum Gasteiger partial charge on any atom is -0.496 e. The Bertz CT molecular complexity index is 563. The van der Waals surface area contributed by atoms with E-state index in [0.717, 1.165) is 16.9 Å². The Morgan fingerprint density at radius 1 is 1.22 bits per heavy atom. The fourth-order valence-corrected chi connectivity index (χ4v) is 2.01. The Morgan fingerprint density at radius 2 is 1.87 bits per heavy atom. The highest BCUT2D eigenvalue weighted by atomic mass is 16.6. The van der Waals surface area contributed by atoms with Crippen molar-refractivity contribution in [3.8, 4) is 5.75 Å². The second kappa shape index (κ2) is 7.85. The molecule has 1 atom stereocenters. The zero-order valence-corrected chi connectivity index (χ0v) is 14.6. The average Bonchev–Trinajstić information content (AvgIpc) is 2.45. The third-order valence-electron chi connectivity index (χ3n) is 3.09. The summed E-state index contributed by atoms with van der Waals surface area (Å²) < 4.78 is 15.2. The second-order valence-corrected chi connectivity index (χ2v) is 6.23. The van der Waals surface area contributed by atoms with Gasteiger partial charge in [-0.3, -0.25) is 0 Å². The number of carbonyl (C=O) groups is 2. The number of hydrogen-bond acceptors (Lipinski definition) is 5. The van der Waals surface area contributed by atoms with Crippen LogP contribution in [-0.2, 0) is 20.7 Å². The van der Waals surface area contributed by atoms with Gasteiger partial charge >= 0.3 is 12.1 Å². The van der Waals surface area contributed by atoms with Crippen molar-refractivity contribution in [3.63, 3.8) is 0 Å². The first-order valence-corrected chi connectivity index (χ1v) is 7.37. The Kier molecular flexibility index (Phi) is 6.42. The van der Waals surface area contributed by atoms with E-state index in [9.17, 15) is 9.59 Å². The van der Waals surface area contributed by atoms with Gasteiger partial charge in [-0.1, -0.05) is 12.1 Å². The van der Waals surface area contributed by atoms with Crippen LogP contribution in [0.4, 0.5) is 4.79 Å². The van der Waals surface area contributed by atoms with Crippen molar-refractivity contribution in [1.29, 1.82) is 0 Å². The molecule has 0 spiro atoms. The Balaban J connectivity index is 2.87. The fraction of sp³-hybridized carbons (Fsp3) is 0.529. The Labute approximate surface area is 137 Å². The van der Waals surface area contributed by atoms with Gasteiger partial charge in [-0.25, -0.2) is 9.59 Å². The van der Waals surface area contributed by atoms with Gasteiger partial charge in [-0.15, -0.1) is 0 Å². The van der Waals surface area contributed by atoms with E-state index in [4.69, 9.17) is 14.2 Å². The number of amides is 1. The summed E-state index contributed by atoms with van der Waals surface area (Å²) in [6.45, 7) is 7.19. The summed E-state index contributed by atoms with van der Waals surface area (Å²) in [6, 6.07) is 4.78. The molecule has 0 bridgehead atoms. The molecule has 0 aromatic heterocycles. The maximum atomic E-state index is 11.9. The van der Waals surface area contributed by atoms with Crippen LogP contribution in [0.3, 0.4) is 0 Å². The molecule has 6 heteroatoms. The summed E-state index contributed by atoms with van der Waals surface area (Å²) in [5, 5.41) is 2.55. The van der Waals surface area contributed by atoms with Gasteiger partial charge in [0.1, 0.15) is 17.4 Å². The van der Waals surface area contributed by atoms with Crippen LogP contribution in [-0.4, -0.2) is 37.9 Å². The monoisotopic (exact) mass is 323 g/mol. The van der Waals surface area contributed by atoms with E-state index < -0.39 is 23.7 Å². The van der Waals surface area contributed by atoms with Crippen LogP contribution in [0, 0.1) is 6.92 Å². The molecule has 128 valence electrons. The van der Waals surface area contributed by atoms with Gasteiger partial charge in [0.2, 0.25) is 0 Å². The van der Waals surface area contributed by atoms with Crippen molar-refractivity contribution < 1.29 is 23.8 Å². The summed E-state index contributed by atoms with van der Waals surface area (Å²) in [4.78, 5) is 23.8. The number of carbonyl (C=O) groups excluding carboxylic acids is 2. The molecular weight excluding hydrogens is 298 g/mol. The zero-order chi connectivity index (χ0) is 17.6. The number of esters is 1. The van der Waals surface area contributed by atoms with Crippen LogP contribution in [0.15, 0.2) is 18.2 Å². The van der Waals surface area contributed by atoms with Crippen LogP contribution in [0.5, 0.6) is 5.75 Å². The van der Waals surface area contributed by atoms with Gasteiger partial charge in [0.05, 0.1) is 14.2 Å². The number of benzene rings is 1. The van der Waals surface area contributed by atoms with Gasteiger partial charge < -0.3 is 19.5 Å². The number of hydrogen-bond donors (Lipinski definition) is 1. The van der Waals surface area contributed by atoms with Crippen LogP contribution in [0.25, 0.3) is 0 Å². The number of aryl methyl sites for hydroxylation is 1. The molecule has 0 aliphatic carbocycles. The molecule has 1 aromatic rings. The first-order valence-electron chi connectivity index (χ1n) is 7.37. The number of nitrogens with one attached hydrogen (secondary N) is 1. The normalized spacial score (nSPS) is 12.3. The molecule has 6 nitrogen and oxygen atoms in total. The van der Waals surface area contributed by atoms with Crippen molar-refractivity contribution in [2.45, 2.75) is 45.8 Å². The lowest BCUT2D eigenvalue weighted by Gasteiger charge is -2.22. The van der Waals surface area contributed by atoms with Crippen molar-refractivity contribution in [1.82, 2.24) is 5.32 Å². The molecule has 0 heterocycles. The van der Waals surface area contributed by atoms with Gasteiger partial charge in [0.25, 0.3) is 0 Å². The zero-order valence-electron chi connectivity index (χ0n) is 14.6. The molecule has 0 aliphatic heterocycles. The van der Waals surface area contributed by atoms with Gasteiger partial charge in [0, 0.05) is 6.42 Å². The van der Waals surface area contributed by atoms with Gasteiger partial charge in [-0.05, 0) is 44.9 Å². The molecule has 1 aromatic carbocycles. The number of rotatable bonds is 5. The van der Waals surface area contributed by atoms with E-state index in [0.29, 0.717) is 0 Å². The van der Waals surface area contributed by atoms with Crippen LogP contribution in [0.2, 0.25) is 0 Å². The minimum absolute atomic E-state index is 0.280. The quantitative estimate of drug-likeness (QED) is 0.843. The highest BCUT2D eigenvalue weighted by Crippen LogP contribution is 2.20. The summed E-state index contributed by atoms with van der Waals surface area (Å²) >= 11 is 0. The van der Waals surface area contributed by atoms with E-state index in [-0.39, 0.29) is 6.42 Å². The molecule has 23 heavy (non-hydrogen) atoms. The lowest BCUT2D eigenvalue weighted by atomic mass is 10.0. The van der Waals surface area contributed by atoms with Gasteiger partial charge in [0.15, 0.2) is 0 Å². The lowest BCUT2D eigenvalue weighted by molar-refractivity contribution is -0.143. The molecule has 1 rings (SSSR count). The summed E-state index contributed by atoms with van der Waals surface area (Å²) in [7, 11) is 2.87. The molecule has 1 amide bonds. The maximum Gasteiger partial charge on any atom is 0.408 e. The first-order chi connectivity index (χ1) is 10.7. The first kappa shape index (κ1) is 18.8. The van der Waals surface area contributed by atoms with Crippen molar-refractivity contribution in [3.05, 3.63) is 29.3 Å². The number of methoxy groups -OCH3 is 2. The highest BCUT2D eigenvalue weighted by Gasteiger charge is 2.25. The summed E-state index contributed by atoms with van der Waals surface area (Å²) in [5.74, 6) is 0.193. The van der Waals surface area contributed by atoms with Crippen LogP contribution < -0.4 is 10.1 Å². The predicted octanol–water partition coefficient (Wildman–Crippen LogP) is 2.61. The number of alkyl carbamates (subject to hydrolysis) is 1. The van der Waals surface area contributed by atoms with E-state index in [1.807, 2.05) is 25.1 Å². The van der Waals surface area contributed by atoms with Crippen LogP contribution >= 0.6 is 0 Å². The Morgan fingerprint density at radius 3 is 2.39 bits per heavy atom. The smallest absolute Gasteiger partial charge is 0.408 e. The van der Waals surface area contributed by atoms with E-state index >= 15 is 0 Å². The maximum absolute atomic E-state index is 11.9. The van der Waals surface area contributed by atoms with E-state index in [2.05, 4.69) is 5.32 Å². The van der Waals surface area contributed by atoms with Crippen LogP contribution in [0.1, 0.15) is 31.9 Å². The molecule has 0 radical (unpaired) electrons. The molecule has 0 aliphatic rings. The van der Waals surface area contributed by atoms with Crippen molar-refractivity contribution in [2.75, 3.05) is 14.2 Å². The molecule has 0 saturated heterocycles. The SMILES string of the molecule is COC(=O)[C@@H](Cc1ccc(C)c(OC)c1)NC(=O)OC(C)(C)C. The fourth-order valence-electron chi connectivity index (χ4n) is 2.01. The third kappa shape index (κ3) is 6.18. The molecule has 0 unspecified atom stereocenters. The molecule has 0 fully saturated rings. The predicted molar refractivity (Wildman–Crippen MR) is 86.6 cm³/mol. The van der Waals surface area contributed by atoms with Gasteiger partial charge in [-0.2, -0.15) is 0 Å². The molecule has 1 N–H and O–H groups in total. The van der Waals surface area contributed by atoms with Crippen molar-refractivity contribution >= 4 is 12.1 Å². The Hall–Kier alpha value is -2.24. The summed E-state index contributed by atoms with van der Waals surface area (Å²) in [5.41, 5.74) is 1.20. The second-order valence-electron chi connectivity index (χ2n) is 6.23. The topological polar surface area (TPSA) is 73.9 Å². The molecule has 0 saturated carbocycles. The summed E-state index contributed by atoms with van der Waals surface area (Å²) in [6.07, 6.45) is -0.380. The molecular formula is C17H25NO5. The highest BCUT2D eigenvalue weighted by molar-refractivity contribution is 5.81. The average molecular weight is 323 g/mol. The van der Waals surface area contributed by atoms with E-state index in [1.165, 1.54) is 7.11 Å². The van der Waals surface area contributed by atoms with E-state index in [1.54, 1.807) is 27.9 Å². The minimum atomic E-state index is -0.831. The number of ether oxygens (including phenoxy) is 3.